The minimum absolute atomic E-state index is 0. The van der Waals surface area contributed by atoms with Gasteiger partial charge in [0.2, 0.25) is 5.91 Å². The smallest absolute Gasteiger partial charge is 0.272 e. The van der Waals surface area contributed by atoms with Crippen LogP contribution in [0.1, 0.15) is 27.8 Å². The second kappa shape index (κ2) is 12.3. The molecule has 0 unspecified atom stereocenters. The highest BCUT2D eigenvalue weighted by Crippen LogP contribution is 2.16. The molecule has 6 nitrogen and oxygen atoms in total. The lowest BCUT2D eigenvalue weighted by molar-refractivity contribution is -0.120. The molecule has 3 rings (SSSR count). The molecule has 8 heteroatoms. The van der Waals surface area contributed by atoms with Gasteiger partial charge < -0.3 is 16.5 Å². The third-order valence-electron chi connectivity index (χ3n) is 5.17. The standard InChI is InChI=1S/C24H27ClN4O2.ClH/c1-17-10-12-29(28-11-9-18-5-3-2-4-6-18)24(31)22(17)14-23(30)27-16-20-13-21(25)8-7-19(20)15-26;/h2-8,10,12-13,28H,9,11,14-16,26H2,1H3,(H,27,30);1H. The highest BCUT2D eigenvalue weighted by Gasteiger charge is 2.13. The summed E-state index contributed by atoms with van der Waals surface area (Å²) in [6.07, 6.45) is 2.49. The molecule has 2 aromatic carbocycles. The van der Waals surface area contributed by atoms with Gasteiger partial charge >= 0.3 is 0 Å². The first-order chi connectivity index (χ1) is 15.0. The topological polar surface area (TPSA) is 89.2 Å². The fraction of sp³-hybridized carbons (Fsp3) is 0.250. The first-order valence-corrected chi connectivity index (χ1v) is 10.6. The number of halogens is 2. The van der Waals surface area contributed by atoms with Crippen LogP contribution in [0.2, 0.25) is 5.02 Å². The molecule has 0 saturated heterocycles. The molecule has 0 radical (unpaired) electrons. The molecule has 0 atom stereocenters. The largest absolute Gasteiger partial charge is 0.352 e. The number of carbonyl (C=O) groups excluding carboxylic acids is 1. The van der Waals surface area contributed by atoms with Gasteiger partial charge in [0, 0.05) is 36.4 Å². The normalized spacial score (nSPS) is 10.3. The van der Waals surface area contributed by atoms with Gasteiger partial charge in [0.25, 0.3) is 5.56 Å². The van der Waals surface area contributed by atoms with Gasteiger partial charge in [-0.1, -0.05) is 48.0 Å². The van der Waals surface area contributed by atoms with Gasteiger partial charge in [-0.3, -0.25) is 9.59 Å². The van der Waals surface area contributed by atoms with Crippen molar-refractivity contribution in [1.82, 2.24) is 9.99 Å². The first-order valence-electron chi connectivity index (χ1n) is 10.2. The molecule has 1 amide bonds. The van der Waals surface area contributed by atoms with E-state index in [1.54, 1.807) is 18.3 Å². The molecule has 3 aromatic rings. The molecule has 0 fully saturated rings. The van der Waals surface area contributed by atoms with Crippen LogP contribution in [0, 0.1) is 6.92 Å². The number of benzene rings is 2. The number of rotatable bonds is 9. The Morgan fingerprint density at radius 2 is 1.84 bits per heavy atom. The molecule has 170 valence electrons. The molecular weight excluding hydrogens is 447 g/mol. The Balaban J connectivity index is 0.00000363. The number of hydrogen-bond donors (Lipinski definition) is 3. The molecule has 4 N–H and O–H groups in total. The number of hydrogen-bond acceptors (Lipinski definition) is 4. The Bertz CT molecular complexity index is 1100. The van der Waals surface area contributed by atoms with Crippen molar-refractivity contribution in [3.63, 3.8) is 0 Å². The van der Waals surface area contributed by atoms with Gasteiger partial charge in [-0.25, -0.2) is 4.68 Å². The third-order valence-corrected chi connectivity index (χ3v) is 5.40. The predicted molar refractivity (Wildman–Crippen MR) is 132 cm³/mol. The van der Waals surface area contributed by atoms with Crippen molar-refractivity contribution in [3.8, 4) is 0 Å². The molecule has 32 heavy (non-hydrogen) atoms. The SMILES string of the molecule is Cc1ccn(NCCc2ccccc2)c(=O)c1CC(=O)NCc1cc(Cl)ccc1CN.Cl. The van der Waals surface area contributed by atoms with E-state index in [0.717, 1.165) is 23.1 Å². The van der Waals surface area contributed by atoms with Crippen molar-refractivity contribution in [2.45, 2.75) is 32.9 Å². The summed E-state index contributed by atoms with van der Waals surface area (Å²) in [5, 5.41) is 3.45. The van der Waals surface area contributed by atoms with Crippen LogP contribution in [0.4, 0.5) is 0 Å². The van der Waals surface area contributed by atoms with Crippen LogP contribution in [-0.2, 0) is 30.7 Å². The number of aromatic nitrogens is 1. The van der Waals surface area contributed by atoms with Crippen LogP contribution in [-0.4, -0.2) is 17.1 Å². The molecule has 0 aliphatic rings. The Labute approximate surface area is 199 Å². The van der Waals surface area contributed by atoms with Crippen molar-refractivity contribution < 1.29 is 4.79 Å². The highest BCUT2D eigenvalue weighted by atomic mass is 35.5. The number of pyridine rings is 1. The van der Waals surface area contributed by atoms with E-state index in [1.165, 1.54) is 10.2 Å². The van der Waals surface area contributed by atoms with Crippen LogP contribution < -0.4 is 22.0 Å². The second-order valence-electron chi connectivity index (χ2n) is 7.37. The van der Waals surface area contributed by atoms with Crippen LogP contribution in [0.3, 0.4) is 0 Å². The van der Waals surface area contributed by atoms with E-state index in [4.69, 9.17) is 17.3 Å². The van der Waals surface area contributed by atoms with Gasteiger partial charge in [-0.05, 0) is 53.8 Å². The lowest BCUT2D eigenvalue weighted by Gasteiger charge is -2.14. The Morgan fingerprint density at radius 3 is 2.56 bits per heavy atom. The van der Waals surface area contributed by atoms with Crippen molar-refractivity contribution in [2.24, 2.45) is 5.73 Å². The number of nitrogens with zero attached hydrogens (tertiary/aromatic N) is 1. The number of nitrogens with one attached hydrogen (secondary N) is 2. The summed E-state index contributed by atoms with van der Waals surface area (Å²) in [6.45, 7) is 3.11. The summed E-state index contributed by atoms with van der Waals surface area (Å²) in [4.78, 5) is 25.4. The molecule has 0 bridgehead atoms. The monoisotopic (exact) mass is 474 g/mol. The molecule has 1 aromatic heterocycles. The Kier molecular flexibility index (Phi) is 9.78. The number of aryl methyl sites for hydroxylation is 1. The maximum atomic E-state index is 12.9. The van der Waals surface area contributed by atoms with Crippen LogP contribution in [0.5, 0.6) is 0 Å². The molecular formula is C24H28Cl2N4O2. The summed E-state index contributed by atoms with van der Waals surface area (Å²) in [7, 11) is 0. The minimum atomic E-state index is -0.231. The number of nitrogens with two attached hydrogens (primary N) is 1. The summed E-state index contributed by atoms with van der Waals surface area (Å²) >= 11 is 6.05. The summed E-state index contributed by atoms with van der Waals surface area (Å²) in [6, 6.07) is 17.3. The van der Waals surface area contributed by atoms with Crippen LogP contribution in [0.15, 0.2) is 65.6 Å². The van der Waals surface area contributed by atoms with E-state index < -0.39 is 0 Å². The Hall–Kier alpha value is -2.80. The predicted octanol–water partition coefficient (Wildman–Crippen LogP) is 3.34. The molecule has 0 saturated carbocycles. The van der Waals surface area contributed by atoms with Crippen molar-refractivity contribution in [1.29, 1.82) is 0 Å². The van der Waals surface area contributed by atoms with E-state index in [-0.39, 0.29) is 30.3 Å². The van der Waals surface area contributed by atoms with Crippen molar-refractivity contribution in [3.05, 3.63) is 104 Å². The zero-order valence-corrected chi connectivity index (χ0v) is 19.5. The van der Waals surface area contributed by atoms with Crippen molar-refractivity contribution >= 4 is 29.9 Å². The zero-order chi connectivity index (χ0) is 22.2. The van der Waals surface area contributed by atoms with E-state index in [9.17, 15) is 9.59 Å². The quantitative estimate of drug-likeness (QED) is 0.443. The first kappa shape index (κ1) is 25.5. The summed E-state index contributed by atoms with van der Waals surface area (Å²) < 4.78 is 1.45. The van der Waals surface area contributed by atoms with Crippen LogP contribution in [0.25, 0.3) is 0 Å². The fourth-order valence-electron chi connectivity index (χ4n) is 3.35. The van der Waals surface area contributed by atoms with Crippen LogP contribution >= 0.6 is 24.0 Å². The number of carbonyl (C=O) groups is 1. The minimum Gasteiger partial charge on any atom is -0.352 e. The Morgan fingerprint density at radius 1 is 1.09 bits per heavy atom. The molecule has 1 heterocycles. The van der Waals surface area contributed by atoms with Gasteiger partial charge in [0.15, 0.2) is 0 Å². The van der Waals surface area contributed by atoms with Gasteiger partial charge in [0.1, 0.15) is 0 Å². The van der Waals surface area contributed by atoms with Gasteiger partial charge in [-0.15, -0.1) is 12.4 Å². The maximum Gasteiger partial charge on any atom is 0.272 e. The molecule has 0 aliphatic carbocycles. The third kappa shape index (κ3) is 6.85. The maximum absolute atomic E-state index is 12.9. The van der Waals surface area contributed by atoms with Crippen molar-refractivity contribution in [2.75, 3.05) is 12.0 Å². The lowest BCUT2D eigenvalue weighted by atomic mass is 10.1. The van der Waals surface area contributed by atoms with E-state index in [0.29, 0.717) is 30.2 Å². The average molecular weight is 475 g/mol. The fourth-order valence-corrected chi connectivity index (χ4v) is 3.54. The number of amides is 1. The van der Waals surface area contributed by atoms with E-state index >= 15 is 0 Å². The lowest BCUT2D eigenvalue weighted by Crippen LogP contribution is -2.35. The zero-order valence-electron chi connectivity index (χ0n) is 17.9. The molecule has 0 spiro atoms. The summed E-state index contributed by atoms with van der Waals surface area (Å²) in [5.74, 6) is -0.231. The highest BCUT2D eigenvalue weighted by molar-refractivity contribution is 6.30. The average Bonchev–Trinajstić information content (AvgIpc) is 2.77. The summed E-state index contributed by atoms with van der Waals surface area (Å²) in [5.41, 5.74) is 12.9. The second-order valence-corrected chi connectivity index (χ2v) is 7.80. The van der Waals surface area contributed by atoms with E-state index in [2.05, 4.69) is 10.7 Å². The van der Waals surface area contributed by atoms with Gasteiger partial charge in [-0.2, -0.15) is 0 Å². The van der Waals surface area contributed by atoms with Gasteiger partial charge in [0.05, 0.1) is 6.42 Å². The van der Waals surface area contributed by atoms with E-state index in [1.807, 2.05) is 49.4 Å². The molecule has 0 aliphatic heterocycles.